The number of likely N-dealkylation sites (tertiary alicyclic amines) is 2. The predicted molar refractivity (Wildman–Crippen MR) is 512 cm³/mol. The quantitative estimate of drug-likeness (QED) is 0.0146. The molecule has 4 radical (unpaired) electrons. The van der Waals surface area contributed by atoms with Gasteiger partial charge in [0.2, 0.25) is 11.4 Å². The zero-order valence-electron chi connectivity index (χ0n) is 80.6. The molecule has 143 heavy (non-hydrogen) atoms. The van der Waals surface area contributed by atoms with E-state index in [1.165, 1.54) is 24.8 Å². The van der Waals surface area contributed by atoms with Gasteiger partial charge in [0.1, 0.15) is 95.5 Å². The standard InChI is InChI=1S/C36H41FN9O4.C36H41FN9O3.2C14H12NO3.2CH2O.4Y/c1-24(47)40-15-18-49-19-17-44(5)36(2,3)21-30(39-4)35(48)45-16-9-10-25(45)22-46-34-31(33(38)41-23-42-34)32(43-46)28-14-13-27(20-29(28)37)50-26-11-7-6-8-12-26;1-24(47)40-17-9-10-18-44(5)36(2,3)21-30(39-4)35(48)45-19-11-12-25(45)22-46-34-31(33(38)41-23-42-34)32(43-46)28-16-15-27(20-29(28)37)49-26-13-7-6-8-14-26;2*16-10-5-6-12(13(17)7-10)15-8-9-3-1-2-4-11(9)14(15)18;2*1-2;;;;/h6-8,11-14,20-21,23,25H,1,9-10,15-19,22H2,2-3,5H3,(H,40,47)(H2,38,41,42);6-8,13-16,20-21,23,25H,1,9-12,17-19,22H2,2-3,5H3,(H,40,47)(H2,38,41,42);2*1-2,4,12H,5-8H2;2*1H2;;;;/q4*-1;;;;;;/b2*30-21-;;;;;;;;/t2*25-;;;;;;;;/m00......../s1. The number of nitrogens with one attached hydrogen (secondary N) is 2. The summed E-state index contributed by atoms with van der Waals surface area (Å²) in [5.41, 5.74) is 16.2. The summed E-state index contributed by atoms with van der Waals surface area (Å²) in [7, 11) is 3.84. The Kier molecular flexibility index (Phi) is 46.8. The smallest absolute Gasteiger partial charge is 0.252 e. The van der Waals surface area contributed by atoms with Gasteiger partial charge in [0.15, 0.2) is 34.7 Å². The third-order valence-corrected chi connectivity index (χ3v) is 24.7. The minimum Gasteiger partial charge on any atom is -0.457 e. The topological polar surface area (TPSA) is 424 Å². The molecule has 6 aromatic carbocycles. The van der Waals surface area contributed by atoms with E-state index in [1.54, 1.807) is 126 Å². The number of ether oxygens (including phenoxy) is 3. The van der Waals surface area contributed by atoms with Crippen molar-refractivity contribution >= 4 is 106 Å². The summed E-state index contributed by atoms with van der Waals surface area (Å²) >= 11 is 0. The van der Waals surface area contributed by atoms with Crippen molar-refractivity contribution in [1.29, 1.82) is 0 Å². The summed E-state index contributed by atoms with van der Waals surface area (Å²) in [6, 6.07) is 42.5. The maximum atomic E-state index is 15.6. The molecule has 2 saturated carbocycles. The Hall–Kier alpha value is -11.2. The summed E-state index contributed by atoms with van der Waals surface area (Å²) in [5, 5.41) is 15.6. The number of nitrogens with two attached hydrogens (primary N) is 2. The number of benzene rings is 6. The first-order valence-electron chi connectivity index (χ1n) is 45.1. The van der Waals surface area contributed by atoms with Gasteiger partial charge < -0.3 is 88.9 Å². The SMILES string of the molecule is C=O.C=O.O=C1CCC(N2Cc3[c-]cccc3C2=O)C(=O)C1.O=C1CCC(N2Cc3[c-]cccc3C2=O)C(=O)C1.[C-]#[N+]/C(=C\C(C)(C)N(C)CCCCNC([CH2-])=O)C(=O)N1CCC[C@H]1Cn1nc(-c2ccc(Oc3ccccc3)cc2F)c2c(N)ncnc21.[C-]#[N+]/C(=C\C(C)(C)N(C)CCOCCNC([CH2-])=O)C(=O)N1CCC[C@H]1Cn1nc(-c2ccc(Oc3ccccc3)cc2F)c2c(N)ncnc21.[Y].[Y].[Y].[Y]. The number of carbonyl (C=O) groups is 12. The van der Waals surface area contributed by atoms with Crippen LogP contribution in [0.5, 0.6) is 23.0 Å². The molecule has 2 saturated heterocycles. The first-order chi connectivity index (χ1) is 66.8. The van der Waals surface area contributed by atoms with Gasteiger partial charge in [-0.15, -0.1) is 11.1 Å². The number of rotatable bonds is 29. The molecule has 6 amide bonds. The van der Waals surface area contributed by atoms with Crippen molar-refractivity contribution in [2.75, 3.05) is 78.0 Å². The predicted octanol–water partition coefficient (Wildman–Crippen LogP) is 11.6. The molecule has 4 aromatic heterocycles. The Morgan fingerprint density at radius 3 is 1.33 bits per heavy atom. The normalized spacial score (nSPS) is 16.4. The van der Waals surface area contributed by atoms with E-state index in [2.05, 4.69) is 71.1 Å². The fourth-order valence-electron chi connectivity index (χ4n) is 17.0. The number of ketones is 4. The van der Waals surface area contributed by atoms with Crippen molar-refractivity contribution in [2.24, 2.45) is 0 Å². The van der Waals surface area contributed by atoms with E-state index in [0.717, 1.165) is 36.8 Å². The molecule has 16 rings (SSSR count). The number of anilines is 2. The fourth-order valence-corrected chi connectivity index (χ4v) is 17.0. The van der Waals surface area contributed by atoms with Crippen LogP contribution in [0.2, 0.25) is 0 Å². The van der Waals surface area contributed by atoms with Crippen LogP contribution in [0.4, 0.5) is 20.4 Å². The molecular weight excluding hydrogens is 2140 g/mol. The second-order valence-corrected chi connectivity index (χ2v) is 34.6. The van der Waals surface area contributed by atoms with Crippen molar-refractivity contribution in [3.05, 3.63) is 252 Å². The van der Waals surface area contributed by atoms with Gasteiger partial charge in [-0.25, -0.2) is 47.8 Å². The molecule has 0 bridgehead atoms. The number of nitrogens with zero attached hydrogens (tertiary/aromatic N) is 16. The van der Waals surface area contributed by atoms with Gasteiger partial charge in [-0.2, -0.15) is 58.7 Å². The minimum absolute atomic E-state index is 0. The number of hydrogen-bond acceptors (Lipinski definition) is 25. The Labute approximate surface area is 929 Å². The number of amides is 6. The van der Waals surface area contributed by atoms with Gasteiger partial charge in [-0.05, 0) is 148 Å². The van der Waals surface area contributed by atoms with Crippen LogP contribution >= 0.6 is 0 Å². The van der Waals surface area contributed by atoms with Crippen LogP contribution in [-0.2, 0) is 210 Å². The number of aromatic nitrogens is 8. The maximum absolute atomic E-state index is 15.6. The van der Waals surface area contributed by atoms with Crippen LogP contribution in [0.1, 0.15) is 137 Å². The summed E-state index contributed by atoms with van der Waals surface area (Å²) in [6.45, 7) is 39.4. The summed E-state index contributed by atoms with van der Waals surface area (Å²) in [5.74, 6) is -0.887. The number of nitrogen functional groups attached to an aromatic ring is 2. The monoisotopic (exact) mass is 2250 g/mol. The maximum Gasteiger partial charge on any atom is 0.252 e. The van der Waals surface area contributed by atoms with Gasteiger partial charge in [-0.1, -0.05) is 59.7 Å². The molecule has 4 atom stereocenters. The van der Waals surface area contributed by atoms with Crippen molar-refractivity contribution in [3.63, 3.8) is 0 Å². The van der Waals surface area contributed by atoms with Crippen LogP contribution in [0.15, 0.2) is 170 Å². The first kappa shape index (κ1) is 119. The molecule has 8 heterocycles. The molecule has 10 aromatic rings. The van der Waals surface area contributed by atoms with Crippen LogP contribution < -0.4 is 31.6 Å². The molecule has 2 unspecified atom stereocenters. The number of carbonyl (C=O) groups excluding carboxylic acids is 12. The van der Waals surface area contributed by atoms with Gasteiger partial charge in [0, 0.05) is 224 Å². The minimum atomic E-state index is -0.636. The van der Waals surface area contributed by atoms with Gasteiger partial charge in [-0.3, -0.25) is 48.2 Å². The number of unbranched alkanes of at least 4 members (excludes halogenated alkanes) is 1. The van der Waals surface area contributed by atoms with E-state index >= 15 is 8.78 Å². The Bertz CT molecular complexity index is 6240. The third kappa shape index (κ3) is 30.7. The van der Waals surface area contributed by atoms with E-state index in [-0.39, 0.29) is 273 Å². The van der Waals surface area contributed by atoms with Crippen LogP contribution in [0, 0.1) is 50.8 Å². The fraction of sp³-hybridized carbons (Fsp3) is 0.353. The van der Waals surface area contributed by atoms with Crippen molar-refractivity contribution in [3.8, 4) is 45.5 Å². The Balaban J connectivity index is 0.000000275. The molecule has 6 aliphatic rings. The molecule has 0 spiro atoms. The second-order valence-electron chi connectivity index (χ2n) is 34.6. The number of para-hydroxylation sites is 2. The van der Waals surface area contributed by atoms with Crippen molar-refractivity contribution in [1.82, 2.24) is 79.5 Å². The Morgan fingerprint density at radius 1 is 0.538 bits per heavy atom. The zero-order chi connectivity index (χ0) is 100. The average Bonchev–Trinajstić information content (AvgIpc) is 1.61. The molecule has 4 fully saturated rings. The summed E-state index contributed by atoms with van der Waals surface area (Å²) in [6.07, 6.45) is 12.2. The zero-order valence-corrected chi connectivity index (χ0v) is 92.0. The molecule has 4 aliphatic heterocycles. The number of halogens is 2. The molecule has 35 nitrogen and oxygen atoms in total. The van der Waals surface area contributed by atoms with Crippen LogP contribution in [-0.4, -0.2) is 243 Å². The second kappa shape index (κ2) is 56.3. The van der Waals surface area contributed by atoms with Gasteiger partial charge in [0.05, 0.1) is 99.0 Å². The third-order valence-electron chi connectivity index (χ3n) is 24.7. The van der Waals surface area contributed by atoms with E-state index in [0.29, 0.717) is 160 Å². The molecule has 41 heteroatoms. The van der Waals surface area contributed by atoms with E-state index in [9.17, 15) is 47.9 Å². The van der Waals surface area contributed by atoms with E-state index in [4.69, 9.17) is 58.6 Å². The summed E-state index contributed by atoms with van der Waals surface area (Å²) in [4.78, 5) is 171. The average molecular weight is 2250 g/mol. The number of fused-ring (bicyclic) bond motifs is 4. The number of Topliss-reactive ketones (excluding diaryl/α,β-unsaturated/α-hetero) is 4. The molecule has 738 valence electrons. The largest absolute Gasteiger partial charge is 0.457 e. The van der Waals surface area contributed by atoms with Crippen molar-refractivity contribution in [2.45, 2.75) is 166 Å². The molecular formula is C102H110F2N20O15Y4-4. The number of likely N-dealkylation sites (N-methyl/N-ethyl adjacent to an activating group) is 2. The van der Waals surface area contributed by atoms with Crippen LogP contribution in [0.25, 0.3) is 54.3 Å². The summed E-state index contributed by atoms with van der Waals surface area (Å²) < 4.78 is 51.7. The van der Waals surface area contributed by atoms with E-state index in [1.807, 2.05) is 96.7 Å². The van der Waals surface area contributed by atoms with Gasteiger partial charge >= 0.3 is 0 Å². The molecule has 6 N–H and O–H groups in total. The van der Waals surface area contributed by atoms with Gasteiger partial charge in [0.25, 0.3) is 11.8 Å². The first-order valence-corrected chi connectivity index (χ1v) is 45.1. The van der Waals surface area contributed by atoms with Crippen LogP contribution in [0.3, 0.4) is 0 Å². The van der Waals surface area contributed by atoms with Crippen molar-refractivity contribution < 1.29 is 211 Å². The Morgan fingerprint density at radius 2 is 0.944 bits per heavy atom. The number of hydrogen-bond donors (Lipinski definition) is 4. The van der Waals surface area contributed by atoms with E-state index < -0.39 is 34.8 Å². The molecule has 2 aliphatic carbocycles.